The van der Waals surface area contributed by atoms with Gasteiger partial charge in [-0.15, -0.1) is 0 Å². The van der Waals surface area contributed by atoms with Gasteiger partial charge in [-0.05, 0) is 42.8 Å². The first-order valence-corrected chi connectivity index (χ1v) is 10.4. The summed E-state index contributed by atoms with van der Waals surface area (Å²) in [6.07, 6.45) is 9.13. The number of carbonyl (C=O) groups excluding carboxylic acids is 1. The van der Waals surface area contributed by atoms with Crippen LogP contribution in [0.25, 0.3) is 0 Å². The average molecular weight is 406 g/mol. The van der Waals surface area contributed by atoms with E-state index in [1.807, 2.05) is 93.6 Å². The second-order valence-electron chi connectivity index (χ2n) is 6.60. The molecule has 0 unspecified atom stereocenters. The Morgan fingerprint density at radius 1 is 1.10 bits per heavy atom. The van der Waals surface area contributed by atoms with Gasteiger partial charge in [0.1, 0.15) is 11.5 Å². The molecule has 0 bridgehead atoms. The smallest absolute Gasteiger partial charge is 0.255 e. The second-order valence-corrected chi connectivity index (χ2v) is 6.60. The number of rotatable bonds is 7. The zero-order valence-corrected chi connectivity index (χ0v) is 18.3. The van der Waals surface area contributed by atoms with Crippen LogP contribution in [0.3, 0.4) is 0 Å². The maximum absolute atomic E-state index is 12.5. The van der Waals surface area contributed by atoms with Crippen LogP contribution in [0.4, 0.5) is 0 Å². The summed E-state index contributed by atoms with van der Waals surface area (Å²) in [7, 11) is 1.67. The highest BCUT2D eigenvalue weighted by atomic mass is 16.5. The van der Waals surface area contributed by atoms with E-state index in [2.05, 4.69) is 5.32 Å². The van der Waals surface area contributed by atoms with Crippen molar-refractivity contribution in [2.24, 2.45) is 0 Å². The monoisotopic (exact) mass is 405 g/mol. The predicted octanol–water partition coefficient (Wildman–Crippen LogP) is 5.75. The Kier molecular flexibility index (Phi) is 9.46. The van der Waals surface area contributed by atoms with Crippen molar-refractivity contribution in [1.29, 1.82) is 0 Å². The molecule has 4 heteroatoms. The van der Waals surface area contributed by atoms with Crippen LogP contribution in [0.15, 0.2) is 84.3 Å². The van der Waals surface area contributed by atoms with Gasteiger partial charge in [0.15, 0.2) is 0 Å². The molecule has 2 aromatic rings. The van der Waals surface area contributed by atoms with Crippen molar-refractivity contribution in [3.05, 3.63) is 101 Å². The van der Waals surface area contributed by atoms with Crippen molar-refractivity contribution in [2.75, 3.05) is 13.7 Å². The lowest BCUT2D eigenvalue weighted by Gasteiger charge is -2.12. The maximum atomic E-state index is 12.5. The number of amides is 1. The Hall–Kier alpha value is -3.27. The Morgan fingerprint density at radius 2 is 1.90 bits per heavy atom. The molecule has 0 spiro atoms. The number of para-hydroxylation sites is 1. The molecule has 0 saturated heterocycles. The predicted molar refractivity (Wildman–Crippen MR) is 123 cm³/mol. The zero-order valence-electron chi connectivity index (χ0n) is 18.3. The van der Waals surface area contributed by atoms with Gasteiger partial charge in [0.25, 0.3) is 5.91 Å². The highest BCUT2D eigenvalue weighted by Crippen LogP contribution is 2.19. The standard InChI is InChI=1S/C24H25NO3.C2H6/c1-18-8-7-10-20(16-18)24(26)25-21-11-4-5-12-22(17-21)28-15-14-19-9-3-6-13-23(19)27-2;1-2/h3-10,12-13,16-17H,11,14-15H2,1-2H3,(H,25,26);1-2H3. The largest absolute Gasteiger partial charge is 0.496 e. The number of benzene rings is 2. The minimum Gasteiger partial charge on any atom is -0.496 e. The number of hydrogen-bond acceptors (Lipinski definition) is 3. The molecular weight excluding hydrogens is 374 g/mol. The van der Waals surface area contributed by atoms with E-state index in [0.717, 1.165) is 34.8 Å². The van der Waals surface area contributed by atoms with Gasteiger partial charge in [0.05, 0.1) is 13.7 Å². The van der Waals surface area contributed by atoms with Gasteiger partial charge in [-0.3, -0.25) is 4.79 Å². The normalized spacial score (nSPS) is 12.5. The fourth-order valence-corrected chi connectivity index (χ4v) is 3.01. The van der Waals surface area contributed by atoms with E-state index in [0.29, 0.717) is 18.6 Å². The van der Waals surface area contributed by atoms with Gasteiger partial charge in [0.2, 0.25) is 0 Å². The van der Waals surface area contributed by atoms with Gasteiger partial charge in [-0.25, -0.2) is 0 Å². The van der Waals surface area contributed by atoms with Crippen LogP contribution in [0.2, 0.25) is 0 Å². The Balaban J connectivity index is 0.00000155. The average Bonchev–Trinajstić information content (AvgIpc) is 3.00. The number of aryl methyl sites for hydroxylation is 1. The lowest BCUT2D eigenvalue weighted by Crippen LogP contribution is -2.22. The summed E-state index contributed by atoms with van der Waals surface area (Å²) in [4.78, 5) is 12.5. The molecule has 0 saturated carbocycles. The molecule has 0 aliphatic heterocycles. The van der Waals surface area contributed by atoms with Crippen LogP contribution in [0, 0.1) is 6.92 Å². The number of nitrogens with one attached hydrogen (secondary N) is 1. The van der Waals surface area contributed by atoms with Crippen molar-refractivity contribution in [3.8, 4) is 5.75 Å². The van der Waals surface area contributed by atoms with Gasteiger partial charge < -0.3 is 14.8 Å². The van der Waals surface area contributed by atoms with Crippen molar-refractivity contribution >= 4 is 5.91 Å². The van der Waals surface area contributed by atoms with Crippen LogP contribution in [-0.2, 0) is 11.2 Å². The van der Waals surface area contributed by atoms with Crippen LogP contribution in [0.1, 0.15) is 41.8 Å². The highest BCUT2D eigenvalue weighted by Gasteiger charge is 2.10. The molecule has 1 aliphatic rings. The zero-order chi connectivity index (χ0) is 21.8. The molecule has 0 heterocycles. The highest BCUT2D eigenvalue weighted by molar-refractivity contribution is 5.95. The summed E-state index contributed by atoms with van der Waals surface area (Å²) < 4.78 is 11.3. The molecule has 158 valence electrons. The Labute approximate surface area is 179 Å². The summed E-state index contributed by atoms with van der Waals surface area (Å²) in [6.45, 7) is 6.50. The second kappa shape index (κ2) is 12.3. The molecule has 1 N–H and O–H groups in total. The fourth-order valence-electron chi connectivity index (χ4n) is 3.01. The lowest BCUT2D eigenvalue weighted by atomic mass is 10.1. The maximum Gasteiger partial charge on any atom is 0.255 e. The number of allylic oxidation sites excluding steroid dienone is 4. The van der Waals surface area contributed by atoms with Crippen LogP contribution in [0.5, 0.6) is 5.75 Å². The minimum atomic E-state index is -0.112. The van der Waals surface area contributed by atoms with E-state index in [9.17, 15) is 4.79 Å². The lowest BCUT2D eigenvalue weighted by molar-refractivity contribution is 0.0965. The van der Waals surface area contributed by atoms with Crippen molar-refractivity contribution in [2.45, 2.75) is 33.6 Å². The molecule has 1 amide bonds. The summed E-state index contributed by atoms with van der Waals surface area (Å²) >= 11 is 0. The first-order valence-electron chi connectivity index (χ1n) is 10.4. The first kappa shape index (κ1) is 23.0. The molecule has 3 rings (SSSR count). The van der Waals surface area contributed by atoms with E-state index in [1.165, 1.54) is 0 Å². The molecule has 2 aromatic carbocycles. The minimum absolute atomic E-state index is 0.112. The Bertz CT molecular complexity index is 925. The molecule has 30 heavy (non-hydrogen) atoms. The van der Waals surface area contributed by atoms with Gasteiger partial charge >= 0.3 is 0 Å². The first-order chi connectivity index (χ1) is 14.7. The van der Waals surface area contributed by atoms with Crippen LogP contribution < -0.4 is 10.1 Å². The quantitative estimate of drug-likeness (QED) is 0.638. The molecule has 4 nitrogen and oxygen atoms in total. The van der Waals surface area contributed by atoms with Gasteiger partial charge in [0, 0.05) is 24.1 Å². The van der Waals surface area contributed by atoms with E-state index >= 15 is 0 Å². The van der Waals surface area contributed by atoms with Gasteiger partial charge in [-0.1, -0.05) is 61.9 Å². The number of carbonyl (C=O) groups is 1. The van der Waals surface area contributed by atoms with E-state index in [1.54, 1.807) is 7.11 Å². The molecular formula is C26H31NO3. The summed E-state index contributed by atoms with van der Waals surface area (Å²) in [6, 6.07) is 15.5. The Morgan fingerprint density at radius 3 is 2.67 bits per heavy atom. The molecule has 0 radical (unpaired) electrons. The fraction of sp³-hybridized carbons (Fsp3) is 0.269. The van der Waals surface area contributed by atoms with Crippen molar-refractivity contribution < 1.29 is 14.3 Å². The third-order valence-corrected chi connectivity index (χ3v) is 4.44. The SMILES string of the molecule is CC.COc1ccccc1CCOC1=CC=CCC(NC(=O)c2cccc(C)c2)=C1. The number of hydrogen-bond donors (Lipinski definition) is 1. The number of methoxy groups -OCH3 is 1. The van der Waals surface area contributed by atoms with E-state index in [4.69, 9.17) is 9.47 Å². The van der Waals surface area contributed by atoms with Gasteiger partial charge in [-0.2, -0.15) is 0 Å². The summed E-state index contributed by atoms with van der Waals surface area (Å²) in [5.74, 6) is 1.48. The number of ether oxygens (including phenoxy) is 2. The molecule has 0 aromatic heterocycles. The molecule has 1 aliphatic carbocycles. The van der Waals surface area contributed by atoms with Crippen molar-refractivity contribution in [3.63, 3.8) is 0 Å². The van der Waals surface area contributed by atoms with Crippen molar-refractivity contribution in [1.82, 2.24) is 5.32 Å². The third kappa shape index (κ3) is 6.96. The van der Waals surface area contributed by atoms with Crippen LogP contribution in [-0.4, -0.2) is 19.6 Å². The summed E-state index contributed by atoms with van der Waals surface area (Å²) in [5.41, 5.74) is 3.62. The van der Waals surface area contributed by atoms with E-state index in [-0.39, 0.29) is 5.91 Å². The van der Waals surface area contributed by atoms with E-state index < -0.39 is 0 Å². The topological polar surface area (TPSA) is 47.6 Å². The third-order valence-electron chi connectivity index (χ3n) is 4.44. The molecule has 0 fully saturated rings. The van der Waals surface area contributed by atoms with Crippen LogP contribution >= 0.6 is 0 Å². The molecule has 0 atom stereocenters. The summed E-state index contributed by atoms with van der Waals surface area (Å²) in [5, 5.41) is 2.99.